The summed E-state index contributed by atoms with van der Waals surface area (Å²) >= 11 is 6.13. The normalized spacial score (nSPS) is 12.6. The maximum atomic E-state index is 6.13. The molecule has 1 aromatic heterocycles. The van der Waals surface area contributed by atoms with E-state index in [1.54, 1.807) is 6.26 Å². The number of benzene rings is 1. The van der Waals surface area contributed by atoms with E-state index in [4.69, 9.17) is 21.9 Å². The van der Waals surface area contributed by atoms with Crippen molar-refractivity contribution < 1.29 is 4.42 Å². The van der Waals surface area contributed by atoms with Crippen LogP contribution in [-0.4, -0.2) is 0 Å². The van der Waals surface area contributed by atoms with Crippen molar-refractivity contribution in [1.82, 2.24) is 5.43 Å². The van der Waals surface area contributed by atoms with E-state index in [0.717, 1.165) is 28.3 Å². The first kappa shape index (κ1) is 12.2. The number of rotatable bonds is 4. The maximum absolute atomic E-state index is 6.13. The number of hydrazine groups is 1. The van der Waals surface area contributed by atoms with Gasteiger partial charge in [0.1, 0.15) is 5.76 Å². The molecule has 3 nitrogen and oxygen atoms in total. The Morgan fingerprint density at radius 3 is 2.76 bits per heavy atom. The van der Waals surface area contributed by atoms with Crippen LogP contribution in [0.3, 0.4) is 0 Å². The zero-order chi connectivity index (χ0) is 12.3. The first-order valence-corrected chi connectivity index (χ1v) is 5.83. The maximum Gasteiger partial charge on any atom is 0.101 e. The van der Waals surface area contributed by atoms with Gasteiger partial charge < -0.3 is 4.42 Å². The Hall–Kier alpha value is -1.29. The third-order valence-electron chi connectivity index (χ3n) is 2.74. The average Bonchev–Trinajstić information content (AvgIpc) is 2.75. The van der Waals surface area contributed by atoms with E-state index in [9.17, 15) is 0 Å². The second kappa shape index (κ2) is 5.36. The fraction of sp³-hybridized carbons (Fsp3) is 0.231. The second-order valence-corrected chi connectivity index (χ2v) is 4.41. The predicted molar refractivity (Wildman–Crippen MR) is 68.7 cm³/mol. The Bertz CT molecular complexity index is 496. The van der Waals surface area contributed by atoms with Gasteiger partial charge >= 0.3 is 0 Å². The van der Waals surface area contributed by atoms with Crippen molar-refractivity contribution in [2.75, 3.05) is 0 Å². The summed E-state index contributed by atoms with van der Waals surface area (Å²) in [6.45, 7) is 1.91. The van der Waals surface area contributed by atoms with Crippen molar-refractivity contribution in [2.45, 2.75) is 19.4 Å². The molecule has 1 atom stereocenters. The molecule has 0 bridgehead atoms. The molecule has 0 aliphatic carbocycles. The topological polar surface area (TPSA) is 51.2 Å². The summed E-state index contributed by atoms with van der Waals surface area (Å²) in [4.78, 5) is 0. The number of halogens is 1. The molecule has 0 spiro atoms. The molecule has 17 heavy (non-hydrogen) atoms. The van der Waals surface area contributed by atoms with Gasteiger partial charge in [-0.1, -0.05) is 29.8 Å². The molecular formula is C13H15ClN2O. The highest BCUT2D eigenvalue weighted by atomic mass is 35.5. The molecule has 0 amide bonds. The van der Waals surface area contributed by atoms with Crippen molar-refractivity contribution in [2.24, 2.45) is 5.84 Å². The lowest BCUT2D eigenvalue weighted by atomic mass is 10.0. The van der Waals surface area contributed by atoms with Crippen molar-refractivity contribution in [1.29, 1.82) is 0 Å². The molecule has 0 radical (unpaired) electrons. The highest BCUT2D eigenvalue weighted by Gasteiger charge is 2.14. The van der Waals surface area contributed by atoms with Crippen LogP contribution in [0.5, 0.6) is 0 Å². The highest BCUT2D eigenvalue weighted by Crippen LogP contribution is 2.24. The molecule has 4 heteroatoms. The van der Waals surface area contributed by atoms with Gasteiger partial charge in [-0.3, -0.25) is 11.3 Å². The number of hydrogen-bond donors (Lipinski definition) is 2. The van der Waals surface area contributed by atoms with Gasteiger partial charge in [0.15, 0.2) is 0 Å². The van der Waals surface area contributed by atoms with Crippen LogP contribution in [0.15, 0.2) is 41.0 Å². The number of hydrogen-bond acceptors (Lipinski definition) is 3. The second-order valence-electron chi connectivity index (χ2n) is 4.01. The Morgan fingerprint density at radius 1 is 1.41 bits per heavy atom. The molecule has 0 saturated heterocycles. The quantitative estimate of drug-likeness (QED) is 0.648. The average molecular weight is 251 g/mol. The molecule has 1 heterocycles. The van der Waals surface area contributed by atoms with Gasteiger partial charge in [-0.25, -0.2) is 0 Å². The van der Waals surface area contributed by atoms with Crippen LogP contribution in [0.4, 0.5) is 0 Å². The minimum Gasteiger partial charge on any atom is -0.469 e. The largest absolute Gasteiger partial charge is 0.469 e. The highest BCUT2D eigenvalue weighted by molar-refractivity contribution is 6.31. The summed E-state index contributed by atoms with van der Waals surface area (Å²) in [6, 6.07) is 9.74. The fourth-order valence-corrected chi connectivity index (χ4v) is 2.02. The summed E-state index contributed by atoms with van der Waals surface area (Å²) in [5, 5.41) is 0.757. The number of furan rings is 1. The van der Waals surface area contributed by atoms with Crippen LogP contribution in [0.25, 0.3) is 0 Å². The van der Waals surface area contributed by atoms with Gasteiger partial charge in [-0.05, 0) is 31.0 Å². The zero-order valence-corrected chi connectivity index (χ0v) is 10.4. The number of nitrogens with one attached hydrogen (secondary N) is 1. The lowest BCUT2D eigenvalue weighted by Gasteiger charge is -2.14. The third-order valence-corrected chi connectivity index (χ3v) is 3.10. The molecular weight excluding hydrogens is 236 g/mol. The van der Waals surface area contributed by atoms with Gasteiger partial charge in [-0.15, -0.1) is 0 Å². The SMILES string of the molecule is Cc1cc(C(Cc2ccccc2Cl)NN)co1. The zero-order valence-electron chi connectivity index (χ0n) is 9.61. The van der Waals surface area contributed by atoms with Crippen LogP contribution < -0.4 is 11.3 Å². The number of aryl methyl sites for hydroxylation is 1. The summed E-state index contributed by atoms with van der Waals surface area (Å²) in [5.41, 5.74) is 4.89. The molecule has 0 aliphatic heterocycles. The van der Waals surface area contributed by atoms with Crippen molar-refractivity contribution in [3.05, 3.63) is 58.5 Å². The molecule has 1 unspecified atom stereocenters. The van der Waals surface area contributed by atoms with E-state index in [0.29, 0.717) is 0 Å². The van der Waals surface area contributed by atoms with Crippen molar-refractivity contribution in [3.63, 3.8) is 0 Å². The standard InChI is InChI=1S/C13H15ClN2O/c1-9-6-11(8-17-9)13(16-15)7-10-4-2-3-5-12(10)14/h2-6,8,13,16H,7,15H2,1H3. The van der Waals surface area contributed by atoms with Gasteiger partial charge in [0.25, 0.3) is 0 Å². The van der Waals surface area contributed by atoms with E-state index < -0.39 is 0 Å². The van der Waals surface area contributed by atoms with E-state index in [1.165, 1.54) is 0 Å². The van der Waals surface area contributed by atoms with Crippen molar-refractivity contribution >= 4 is 11.6 Å². The van der Waals surface area contributed by atoms with E-state index >= 15 is 0 Å². The lowest BCUT2D eigenvalue weighted by Crippen LogP contribution is -2.29. The fourth-order valence-electron chi connectivity index (χ4n) is 1.80. The minimum absolute atomic E-state index is 0.00681. The van der Waals surface area contributed by atoms with Crippen LogP contribution >= 0.6 is 11.6 Å². The van der Waals surface area contributed by atoms with Gasteiger partial charge in [0.2, 0.25) is 0 Å². The Morgan fingerprint density at radius 2 is 2.18 bits per heavy atom. The Balaban J connectivity index is 2.18. The van der Waals surface area contributed by atoms with E-state index in [2.05, 4.69) is 5.43 Å². The monoisotopic (exact) mass is 250 g/mol. The van der Waals surface area contributed by atoms with E-state index in [1.807, 2.05) is 37.3 Å². The first-order chi connectivity index (χ1) is 8.20. The predicted octanol–water partition coefficient (Wildman–Crippen LogP) is 2.99. The molecule has 0 saturated carbocycles. The van der Waals surface area contributed by atoms with Crippen LogP contribution in [-0.2, 0) is 6.42 Å². The Kier molecular flexibility index (Phi) is 3.84. The van der Waals surface area contributed by atoms with Crippen LogP contribution in [0.2, 0.25) is 5.02 Å². The Labute approximate surface area is 106 Å². The van der Waals surface area contributed by atoms with Gasteiger partial charge in [-0.2, -0.15) is 0 Å². The molecule has 0 aliphatic rings. The molecule has 0 fully saturated rings. The van der Waals surface area contributed by atoms with Crippen LogP contribution in [0, 0.1) is 6.92 Å². The first-order valence-electron chi connectivity index (χ1n) is 5.45. The summed E-state index contributed by atoms with van der Waals surface area (Å²) in [7, 11) is 0. The summed E-state index contributed by atoms with van der Waals surface area (Å²) in [5.74, 6) is 6.45. The molecule has 2 aromatic rings. The molecule has 3 N–H and O–H groups in total. The number of nitrogens with two attached hydrogens (primary N) is 1. The van der Waals surface area contributed by atoms with Crippen molar-refractivity contribution in [3.8, 4) is 0 Å². The molecule has 2 rings (SSSR count). The van der Waals surface area contributed by atoms with Gasteiger partial charge in [0.05, 0.1) is 12.3 Å². The molecule has 1 aromatic carbocycles. The summed E-state index contributed by atoms with van der Waals surface area (Å²) < 4.78 is 5.29. The lowest BCUT2D eigenvalue weighted by molar-refractivity contribution is 0.511. The van der Waals surface area contributed by atoms with E-state index in [-0.39, 0.29) is 6.04 Å². The smallest absolute Gasteiger partial charge is 0.101 e. The molecule has 90 valence electrons. The van der Waals surface area contributed by atoms with Gasteiger partial charge in [0, 0.05) is 10.6 Å². The third kappa shape index (κ3) is 2.88. The van der Waals surface area contributed by atoms with Crippen LogP contribution in [0.1, 0.15) is 22.9 Å². The minimum atomic E-state index is 0.00681. The summed E-state index contributed by atoms with van der Waals surface area (Å²) in [6.07, 6.45) is 2.45.